The molecule has 0 spiro atoms. The van der Waals surface area contributed by atoms with Crippen LogP contribution in [0, 0.1) is 0 Å². The molecule has 0 unspecified atom stereocenters. The fourth-order valence-electron chi connectivity index (χ4n) is 1.51. The summed E-state index contributed by atoms with van der Waals surface area (Å²) in [5, 5.41) is 3.68. The van der Waals surface area contributed by atoms with E-state index in [-0.39, 0.29) is 12.2 Å². The zero-order valence-corrected chi connectivity index (χ0v) is 7.96. The van der Waals surface area contributed by atoms with E-state index in [1.165, 1.54) is 6.39 Å². The van der Waals surface area contributed by atoms with Crippen molar-refractivity contribution in [1.82, 2.24) is 10.1 Å². The molecule has 0 bridgehead atoms. The highest BCUT2D eigenvalue weighted by Crippen LogP contribution is 2.26. The number of aromatic nitrogens is 2. The number of carbonyl (C=O) groups is 1. The monoisotopic (exact) mass is 213 g/mol. The quantitative estimate of drug-likeness (QED) is 0.762. The Labute approximate surface area is 85.5 Å². The molecule has 1 aliphatic heterocycles. The van der Waals surface area contributed by atoms with Gasteiger partial charge in [-0.1, -0.05) is 5.16 Å². The van der Waals surface area contributed by atoms with Crippen LogP contribution in [0.25, 0.3) is 0 Å². The van der Waals surface area contributed by atoms with Crippen molar-refractivity contribution < 1.29 is 18.8 Å². The summed E-state index contributed by atoms with van der Waals surface area (Å²) in [4.78, 5) is 14.4. The molecule has 7 heteroatoms. The second-order valence-electron chi connectivity index (χ2n) is 3.25. The zero-order chi connectivity index (χ0) is 10.7. The van der Waals surface area contributed by atoms with Gasteiger partial charge in [0, 0.05) is 0 Å². The van der Waals surface area contributed by atoms with Crippen LogP contribution in [0.4, 0.5) is 4.79 Å². The maximum Gasteiger partial charge on any atom is 0.404 e. The van der Waals surface area contributed by atoms with Crippen molar-refractivity contribution in [2.24, 2.45) is 5.73 Å². The first-order valence-corrected chi connectivity index (χ1v) is 4.59. The first kappa shape index (κ1) is 9.91. The molecule has 15 heavy (non-hydrogen) atoms. The van der Waals surface area contributed by atoms with E-state index in [9.17, 15) is 4.79 Å². The Hall–Kier alpha value is -1.63. The molecule has 82 valence electrons. The molecule has 1 aromatic heterocycles. The molecule has 0 aromatic carbocycles. The number of nitrogens with two attached hydrogens (primary N) is 1. The Bertz CT molecular complexity index is 319. The topological polar surface area (TPSA) is 100 Å². The highest BCUT2D eigenvalue weighted by molar-refractivity contribution is 5.64. The minimum Gasteiger partial charge on any atom is -0.444 e. The fraction of sp³-hybridized carbons (Fsp3) is 0.625. The number of carbonyl (C=O) groups excluding carboxylic acids is 1. The number of amides is 1. The van der Waals surface area contributed by atoms with Gasteiger partial charge in [-0.3, -0.25) is 0 Å². The summed E-state index contributed by atoms with van der Waals surface area (Å²) in [5.41, 5.74) is 4.90. The first-order valence-electron chi connectivity index (χ1n) is 4.59. The van der Waals surface area contributed by atoms with Gasteiger partial charge in [-0.05, 0) is 12.8 Å². The number of rotatable bonds is 2. The van der Waals surface area contributed by atoms with Gasteiger partial charge < -0.3 is 19.7 Å². The van der Waals surface area contributed by atoms with Crippen molar-refractivity contribution in [2.45, 2.75) is 25.0 Å². The Morgan fingerprint density at radius 3 is 3.00 bits per heavy atom. The van der Waals surface area contributed by atoms with Crippen LogP contribution in [0.3, 0.4) is 0 Å². The van der Waals surface area contributed by atoms with Gasteiger partial charge in [0.25, 0.3) is 0 Å². The first-order chi connectivity index (χ1) is 7.25. The third-order valence-electron chi connectivity index (χ3n) is 2.18. The van der Waals surface area contributed by atoms with Crippen molar-refractivity contribution >= 4 is 6.09 Å². The van der Waals surface area contributed by atoms with Crippen LogP contribution in [0.15, 0.2) is 10.9 Å². The Morgan fingerprint density at radius 2 is 2.47 bits per heavy atom. The number of ether oxygens (including phenoxy) is 2. The van der Waals surface area contributed by atoms with Crippen LogP contribution in [0.5, 0.6) is 0 Å². The number of hydrogen-bond acceptors (Lipinski definition) is 6. The lowest BCUT2D eigenvalue weighted by molar-refractivity contribution is -0.0639. The normalized spacial score (nSPS) is 26.1. The summed E-state index contributed by atoms with van der Waals surface area (Å²) < 4.78 is 14.8. The molecule has 1 saturated heterocycles. The summed E-state index contributed by atoms with van der Waals surface area (Å²) in [6, 6.07) is 0. The summed E-state index contributed by atoms with van der Waals surface area (Å²) >= 11 is 0. The van der Waals surface area contributed by atoms with Crippen LogP contribution in [-0.4, -0.2) is 28.9 Å². The highest BCUT2D eigenvalue weighted by Gasteiger charge is 2.27. The molecule has 2 atom stereocenters. The Kier molecular flexibility index (Phi) is 2.82. The van der Waals surface area contributed by atoms with E-state index in [0.29, 0.717) is 25.3 Å². The molecule has 0 aliphatic carbocycles. The molecular weight excluding hydrogens is 202 g/mol. The molecule has 0 radical (unpaired) electrons. The van der Waals surface area contributed by atoms with Crippen molar-refractivity contribution in [2.75, 3.05) is 6.61 Å². The van der Waals surface area contributed by atoms with Gasteiger partial charge in [0.2, 0.25) is 6.39 Å². The van der Waals surface area contributed by atoms with Crippen LogP contribution in [0.2, 0.25) is 0 Å². The van der Waals surface area contributed by atoms with Crippen LogP contribution < -0.4 is 5.73 Å². The molecule has 2 rings (SSSR count). The molecule has 1 fully saturated rings. The molecular formula is C8H11N3O4. The molecule has 2 N–H and O–H groups in total. The van der Waals surface area contributed by atoms with E-state index in [4.69, 9.17) is 15.2 Å². The SMILES string of the molecule is NC(=O)O[C@@H]1CC[C@@H](c2ncon2)OC1. The predicted molar refractivity (Wildman–Crippen MR) is 46.7 cm³/mol. The van der Waals surface area contributed by atoms with Crippen molar-refractivity contribution in [1.29, 1.82) is 0 Å². The van der Waals surface area contributed by atoms with E-state index >= 15 is 0 Å². The lowest BCUT2D eigenvalue weighted by Crippen LogP contribution is -2.31. The molecule has 1 amide bonds. The summed E-state index contributed by atoms with van der Waals surface area (Å²) in [5.74, 6) is 0.521. The van der Waals surface area contributed by atoms with Crippen molar-refractivity contribution in [3.63, 3.8) is 0 Å². The highest BCUT2D eigenvalue weighted by atomic mass is 16.6. The lowest BCUT2D eigenvalue weighted by atomic mass is 10.1. The van der Waals surface area contributed by atoms with Gasteiger partial charge in [-0.2, -0.15) is 4.98 Å². The van der Waals surface area contributed by atoms with Gasteiger partial charge in [-0.15, -0.1) is 0 Å². The Morgan fingerprint density at radius 1 is 1.60 bits per heavy atom. The number of primary amides is 1. The zero-order valence-electron chi connectivity index (χ0n) is 7.96. The molecule has 7 nitrogen and oxygen atoms in total. The van der Waals surface area contributed by atoms with E-state index in [1.807, 2.05) is 0 Å². The van der Waals surface area contributed by atoms with E-state index in [0.717, 1.165) is 0 Å². The average molecular weight is 213 g/mol. The fourth-order valence-corrected chi connectivity index (χ4v) is 1.51. The smallest absolute Gasteiger partial charge is 0.404 e. The van der Waals surface area contributed by atoms with Gasteiger partial charge in [0.15, 0.2) is 5.82 Å². The lowest BCUT2D eigenvalue weighted by Gasteiger charge is -2.26. The summed E-state index contributed by atoms with van der Waals surface area (Å²) in [7, 11) is 0. The average Bonchev–Trinajstić information content (AvgIpc) is 2.71. The minimum absolute atomic E-state index is 0.184. The van der Waals surface area contributed by atoms with Gasteiger partial charge in [0.1, 0.15) is 12.2 Å². The van der Waals surface area contributed by atoms with Crippen LogP contribution in [0.1, 0.15) is 24.8 Å². The molecule has 1 aromatic rings. The van der Waals surface area contributed by atoms with Crippen LogP contribution >= 0.6 is 0 Å². The third kappa shape index (κ3) is 2.44. The minimum atomic E-state index is -0.776. The summed E-state index contributed by atoms with van der Waals surface area (Å²) in [6.45, 7) is 0.308. The standard InChI is InChI=1S/C8H11N3O4/c9-8(12)15-5-1-2-6(13-3-5)7-10-4-14-11-7/h4-6H,1-3H2,(H2,9,12)/t5-,6+/m1/s1. The molecule has 2 heterocycles. The van der Waals surface area contributed by atoms with E-state index < -0.39 is 6.09 Å². The second-order valence-corrected chi connectivity index (χ2v) is 3.25. The second kappa shape index (κ2) is 4.26. The van der Waals surface area contributed by atoms with Crippen molar-refractivity contribution in [3.05, 3.63) is 12.2 Å². The van der Waals surface area contributed by atoms with E-state index in [2.05, 4.69) is 14.7 Å². The largest absolute Gasteiger partial charge is 0.444 e. The van der Waals surface area contributed by atoms with E-state index in [1.54, 1.807) is 0 Å². The number of nitrogens with zero attached hydrogens (tertiary/aromatic N) is 2. The summed E-state index contributed by atoms with van der Waals surface area (Å²) in [6.07, 6.45) is 1.38. The van der Waals surface area contributed by atoms with Crippen molar-refractivity contribution in [3.8, 4) is 0 Å². The Balaban J connectivity index is 1.84. The maximum atomic E-state index is 10.5. The van der Waals surface area contributed by atoms with Crippen LogP contribution in [-0.2, 0) is 9.47 Å². The number of hydrogen-bond donors (Lipinski definition) is 1. The molecule has 0 saturated carbocycles. The predicted octanol–water partition coefficient (Wildman–Crippen LogP) is 0.385. The van der Waals surface area contributed by atoms with Gasteiger partial charge in [-0.25, -0.2) is 4.79 Å². The maximum absolute atomic E-state index is 10.5. The third-order valence-corrected chi connectivity index (χ3v) is 2.18. The molecule has 1 aliphatic rings. The van der Waals surface area contributed by atoms with Gasteiger partial charge in [0.05, 0.1) is 6.61 Å². The van der Waals surface area contributed by atoms with Gasteiger partial charge >= 0.3 is 6.09 Å².